The summed E-state index contributed by atoms with van der Waals surface area (Å²) in [6, 6.07) is 7.95. The molecule has 0 bridgehead atoms. The number of aromatic amines is 1. The Kier molecular flexibility index (Phi) is 6.63. The van der Waals surface area contributed by atoms with Gasteiger partial charge in [0.05, 0.1) is 6.61 Å². The minimum Gasteiger partial charge on any atom is -0.494 e. The van der Waals surface area contributed by atoms with E-state index in [4.69, 9.17) is 4.74 Å². The van der Waals surface area contributed by atoms with Gasteiger partial charge >= 0.3 is 0 Å². The summed E-state index contributed by atoms with van der Waals surface area (Å²) < 4.78 is 5.64. The van der Waals surface area contributed by atoms with Gasteiger partial charge in [0.2, 0.25) is 0 Å². The summed E-state index contributed by atoms with van der Waals surface area (Å²) in [6.45, 7) is 4.81. The van der Waals surface area contributed by atoms with E-state index in [1.807, 2.05) is 31.2 Å². The number of hydrogen-bond donors (Lipinski definition) is 3. The minimum atomic E-state index is -0.124. The van der Waals surface area contributed by atoms with Gasteiger partial charge < -0.3 is 15.4 Å². The van der Waals surface area contributed by atoms with Crippen LogP contribution in [-0.2, 0) is 13.0 Å². The molecular weight excluding hydrogens is 328 g/mol. The molecule has 3 N–H and O–H groups in total. The number of rotatable bonds is 6. The van der Waals surface area contributed by atoms with E-state index >= 15 is 0 Å². The Bertz CT molecular complexity index is 670. The van der Waals surface area contributed by atoms with Gasteiger partial charge in [-0.2, -0.15) is 5.10 Å². The molecule has 1 aliphatic rings. The number of benzene rings is 1. The zero-order valence-corrected chi connectivity index (χ0v) is 14.5. The normalized spacial score (nSPS) is 12.9. The summed E-state index contributed by atoms with van der Waals surface area (Å²) in [5.41, 5.74) is 3.77. The van der Waals surface area contributed by atoms with Crippen molar-refractivity contribution in [1.29, 1.82) is 0 Å². The van der Waals surface area contributed by atoms with E-state index in [9.17, 15) is 4.79 Å². The van der Waals surface area contributed by atoms with Crippen molar-refractivity contribution in [2.75, 3.05) is 19.7 Å². The predicted octanol–water partition coefficient (Wildman–Crippen LogP) is 1.98. The Morgan fingerprint density at radius 1 is 1.33 bits per heavy atom. The molecule has 1 aliphatic heterocycles. The number of carbonyl (C=O) groups is 1. The van der Waals surface area contributed by atoms with Crippen LogP contribution in [0.15, 0.2) is 24.3 Å². The van der Waals surface area contributed by atoms with Crippen LogP contribution in [0.5, 0.6) is 5.75 Å². The third-order valence-electron chi connectivity index (χ3n) is 3.92. The largest absolute Gasteiger partial charge is 0.494 e. The topological polar surface area (TPSA) is 79.0 Å². The zero-order chi connectivity index (χ0) is 16.1. The molecule has 130 valence electrons. The van der Waals surface area contributed by atoms with Gasteiger partial charge in [-0.25, -0.2) is 0 Å². The van der Waals surface area contributed by atoms with Crippen molar-refractivity contribution in [3.63, 3.8) is 0 Å². The number of aromatic nitrogens is 2. The second-order valence-electron chi connectivity index (χ2n) is 5.73. The molecule has 0 spiro atoms. The Hall–Kier alpha value is -2.05. The fourth-order valence-electron chi connectivity index (χ4n) is 2.60. The number of fused-ring (bicyclic) bond motifs is 1. The Morgan fingerprint density at radius 2 is 2.12 bits per heavy atom. The highest BCUT2D eigenvalue weighted by Crippen LogP contribution is 2.15. The number of aryl methyl sites for hydroxylation is 1. The maximum absolute atomic E-state index is 12.2. The molecule has 0 unspecified atom stereocenters. The van der Waals surface area contributed by atoms with Crippen molar-refractivity contribution in [3.8, 4) is 5.75 Å². The number of carbonyl (C=O) groups excluding carboxylic acids is 1. The number of halogens is 1. The zero-order valence-electron chi connectivity index (χ0n) is 13.7. The maximum Gasteiger partial charge on any atom is 0.272 e. The number of ether oxygens (including phenoxy) is 1. The van der Waals surface area contributed by atoms with E-state index in [1.165, 1.54) is 5.56 Å². The van der Waals surface area contributed by atoms with Crippen LogP contribution in [0.3, 0.4) is 0 Å². The predicted molar refractivity (Wildman–Crippen MR) is 94.9 cm³/mol. The smallest absolute Gasteiger partial charge is 0.272 e. The van der Waals surface area contributed by atoms with Crippen molar-refractivity contribution >= 4 is 18.3 Å². The first-order valence-corrected chi connectivity index (χ1v) is 7.98. The number of nitrogens with one attached hydrogen (secondary N) is 3. The molecule has 1 aromatic heterocycles. The highest BCUT2D eigenvalue weighted by molar-refractivity contribution is 5.94. The summed E-state index contributed by atoms with van der Waals surface area (Å²) in [5, 5.41) is 13.3. The fraction of sp³-hybridized carbons (Fsp3) is 0.412. The lowest BCUT2D eigenvalue weighted by Crippen LogP contribution is -2.29. The molecular formula is C17H23ClN4O2. The number of hydrogen-bond acceptors (Lipinski definition) is 4. The summed E-state index contributed by atoms with van der Waals surface area (Å²) in [5.74, 6) is 0.732. The van der Waals surface area contributed by atoms with Crippen LogP contribution in [0.1, 0.15) is 33.7 Å². The van der Waals surface area contributed by atoms with Gasteiger partial charge in [0.25, 0.3) is 5.91 Å². The van der Waals surface area contributed by atoms with Crippen LogP contribution < -0.4 is 15.4 Å². The van der Waals surface area contributed by atoms with Crippen molar-refractivity contribution in [1.82, 2.24) is 20.8 Å². The molecule has 0 aliphatic carbocycles. The average Bonchev–Trinajstić information content (AvgIpc) is 3.00. The number of amides is 1. The molecule has 1 amide bonds. The van der Waals surface area contributed by atoms with Crippen LogP contribution in [0, 0.1) is 6.92 Å². The van der Waals surface area contributed by atoms with Crippen LogP contribution in [0.2, 0.25) is 0 Å². The SMILES string of the molecule is Cc1ccc(OCCCNC(=O)c2n[nH]c3c2CNCC3)cc1.Cl. The van der Waals surface area contributed by atoms with Gasteiger partial charge in [0, 0.05) is 37.3 Å². The molecule has 0 radical (unpaired) electrons. The third kappa shape index (κ3) is 4.49. The summed E-state index contributed by atoms with van der Waals surface area (Å²) in [7, 11) is 0. The molecule has 0 atom stereocenters. The summed E-state index contributed by atoms with van der Waals surface area (Å²) in [6.07, 6.45) is 1.64. The van der Waals surface area contributed by atoms with Gasteiger partial charge in [-0.05, 0) is 25.5 Å². The molecule has 0 saturated carbocycles. The molecule has 1 aromatic carbocycles. The van der Waals surface area contributed by atoms with Crippen LogP contribution in [0.25, 0.3) is 0 Å². The number of H-pyrrole nitrogens is 1. The van der Waals surface area contributed by atoms with E-state index in [0.717, 1.165) is 36.4 Å². The van der Waals surface area contributed by atoms with Crippen molar-refractivity contribution in [2.45, 2.75) is 26.3 Å². The Balaban J connectivity index is 0.00000208. The van der Waals surface area contributed by atoms with Crippen molar-refractivity contribution in [3.05, 3.63) is 46.8 Å². The molecule has 2 aromatic rings. The van der Waals surface area contributed by atoms with Gasteiger partial charge in [-0.1, -0.05) is 17.7 Å². The summed E-state index contributed by atoms with van der Waals surface area (Å²) >= 11 is 0. The highest BCUT2D eigenvalue weighted by atomic mass is 35.5. The minimum absolute atomic E-state index is 0. The second-order valence-corrected chi connectivity index (χ2v) is 5.73. The van der Waals surface area contributed by atoms with E-state index in [-0.39, 0.29) is 18.3 Å². The maximum atomic E-state index is 12.2. The van der Waals surface area contributed by atoms with E-state index in [1.54, 1.807) is 0 Å². The second kappa shape index (κ2) is 8.70. The third-order valence-corrected chi connectivity index (χ3v) is 3.92. The lowest BCUT2D eigenvalue weighted by molar-refractivity contribution is 0.0945. The Labute approximate surface area is 147 Å². The monoisotopic (exact) mass is 350 g/mol. The standard InChI is InChI=1S/C17H22N4O2.ClH/c1-12-3-5-13(6-4-12)23-10-2-8-19-17(22)16-14-11-18-9-7-15(14)20-21-16;/h3-6,18H,2,7-11H2,1H3,(H,19,22)(H,20,21);1H. The quantitative estimate of drug-likeness (QED) is 0.696. The fourth-order valence-corrected chi connectivity index (χ4v) is 2.60. The van der Waals surface area contributed by atoms with E-state index < -0.39 is 0 Å². The van der Waals surface area contributed by atoms with Gasteiger partial charge in [-0.3, -0.25) is 9.89 Å². The molecule has 6 nitrogen and oxygen atoms in total. The Morgan fingerprint density at radius 3 is 2.92 bits per heavy atom. The van der Waals surface area contributed by atoms with Crippen LogP contribution in [0.4, 0.5) is 0 Å². The number of nitrogens with zero attached hydrogens (tertiary/aromatic N) is 1. The van der Waals surface area contributed by atoms with Crippen LogP contribution in [-0.4, -0.2) is 35.8 Å². The van der Waals surface area contributed by atoms with Gasteiger partial charge in [0.15, 0.2) is 5.69 Å². The lowest BCUT2D eigenvalue weighted by Gasteiger charge is -2.13. The first-order valence-electron chi connectivity index (χ1n) is 7.98. The van der Waals surface area contributed by atoms with Crippen LogP contribution >= 0.6 is 12.4 Å². The molecule has 0 fully saturated rings. The highest BCUT2D eigenvalue weighted by Gasteiger charge is 2.20. The molecule has 3 rings (SSSR count). The molecule has 0 saturated heterocycles. The van der Waals surface area contributed by atoms with Crippen molar-refractivity contribution < 1.29 is 9.53 Å². The first-order chi connectivity index (χ1) is 11.2. The first kappa shape index (κ1) is 18.3. The van der Waals surface area contributed by atoms with Gasteiger partial charge in [0.1, 0.15) is 5.75 Å². The lowest BCUT2D eigenvalue weighted by atomic mass is 10.1. The average molecular weight is 351 g/mol. The van der Waals surface area contributed by atoms with E-state index in [2.05, 4.69) is 20.8 Å². The van der Waals surface area contributed by atoms with Crippen molar-refractivity contribution in [2.24, 2.45) is 0 Å². The molecule has 24 heavy (non-hydrogen) atoms. The van der Waals surface area contributed by atoms with Gasteiger partial charge in [-0.15, -0.1) is 12.4 Å². The summed E-state index contributed by atoms with van der Waals surface area (Å²) in [4.78, 5) is 12.2. The van der Waals surface area contributed by atoms with E-state index in [0.29, 0.717) is 25.4 Å². The molecule has 7 heteroatoms. The molecule has 2 heterocycles.